The van der Waals surface area contributed by atoms with Gasteiger partial charge in [-0.1, -0.05) is 42.5 Å². The molecular formula is C30H39NO5. The fourth-order valence-corrected chi connectivity index (χ4v) is 5.23. The van der Waals surface area contributed by atoms with Crippen LogP contribution in [0.1, 0.15) is 75.5 Å². The lowest BCUT2D eigenvalue weighted by atomic mass is 9.80. The Morgan fingerprint density at radius 3 is 2.42 bits per heavy atom. The fourth-order valence-electron chi connectivity index (χ4n) is 5.23. The largest absolute Gasteiger partial charge is 0.489 e. The summed E-state index contributed by atoms with van der Waals surface area (Å²) < 4.78 is 18.0. The molecule has 2 aromatic carbocycles. The number of aryl methyl sites for hydroxylation is 1. The normalized spacial score (nSPS) is 22.5. The highest BCUT2D eigenvalue weighted by Gasteiger charge is 2.39. The van der Waals surface area contributed by atoms with Gasteiger partial charge in [0.1, 0.15) is 24.0 Å². The summed E-state index contributed by atoms with van der Waals surface area (Å²) in [6.07, 6.45) is 3.87. The van der Waals surface area contributed by atoms with Crippen LogP contribution in [0.3, 0.4) is 0 Å². The molecule has 0 radical (unpaired) electrons. The third-order valence-electron chi connectivity index (χ3n) is 7.07. The molecule has 1 heterocycles. The smallest absolute Gasteiger partial charge is 0.410 e. The minimum absolute atomic E-state index is 0.0506. The summed E-state index contributed by atoms with van der Waals surface area (Å²) in [5, 5.41) is 0. The van der Waals surface area contributed by atoms with Gasteiger partial charge in [-0.05, 0) is 76.5 Å². The molecule has 4 rings (SSSR count). The van der Waals surface area contributed by atoms with Crippen LogP contribution >= 0.6 is 0 Å². The Labute approximate surface area is 214 Å². The molecular weight excluding hydrogens is 454 g/mol. The van der Waals surface area contributed by atoms with E-state index < -0.39 is 17.7 Å². The Balaban J connectivity index is 1.32. The molecule has 2 fully saturated rings. The number of ether oxygens (including phenoxy) is 3. The number of Topliss-reactive ketones (excluding diaryl/α,β-unsaturated/α-hetero) is 1. The van der Waals surface area contributed by atoms with E-state index in [0.717, 1.165) is 37.0 Å². The second-order valence-electron chi connectivity index (χ2n) is 11.0. The second kappa shape index (κ2) is 11.5. The average molecular weight is 494 g/mol. The Kier molecular flexibility index (Phi) is 8.35. The number of nitrogens with zero attached hydrogens (tertiary/aromatic N) is 1. The highest BCUT2D eigenvalue weighted by Crippen LogP contribution is 2.40. The molecule has 0 aromatic heterocycles. The van der Waals surface area contributed by atoms with Gasteiger partial charge in [0, 0.05) is 18.5 Å². The van der Waals surface area contributed by atoms with E-state index in [1.54, 1.807) is 0 Å². The molecule has 0 bridgehead atoms. The van der Waals surface area contributed by atoms with Crippen molar-refractivity contribution in [1.82, 2.24) is 4.90 Å². The monoisotopic (exact) mass is 493 g/mol. The van der Waals surface area contributed by atoms with Crippen molar-refractivity contribution in [3.05, 3.63) is 65.2 Å². The number of rotatable bonds is 7. The van der Waals surface area contributed by atoms with E-state index in [1.165, 1.54) is 16.0 Å². The van der Waals surface area contributed by atoms with Crippen LogP contribution in [-0.2, 0) is 20.9 Å². The Morgan fingerprint density at radius 1 is 1.00 bits per heavy atom. The maximum Gasteiger partial charge on any atom is 0.410 e. The van der Waals surface area contributed by atoms with Crippen LogP contribution in [-0.4, -0.2) is 47.7 Å². The highest BCUT2D eigenvalue weighted by atomic mass is 16.6. The van der Waals surface area contributed by atoms with Crippen LogP contribution in [0.25, 0.3) is 0 Å². The number of hydrogen-bond acceptors (Lipinski definition) is 5. The van der Waals surface area contributed by atoms with Crippen molar-refractivity contribution < 1.29 is 23.8 Å². The summed E-state index contributed by atoms with van der Waals surface area (Å²) in [7, 11) is 0. The lowest BCUT2D eigenvalue weighted by molar-refractivity contribution is -0.122. The first kappa shape index (κ1) is 26.2. The molecule has 36 heavy (non-hydrogen) atoms. The predicted octanol–water partition coefficient (Wildman–Crippen LogP) is 6.20. The Bertz CT molecular complexity index is 1040. The lowest BCUT2D eigenvalue weighted by Gasteiger charge is -2.32. The van der Waals surface area contributed by atoms with Crippen LogP contribution in [0.5, 0.6) is 5.75 Å². The summed E-state index contributed by atoms with van der Waals surface area (Å²) in [6.45, 7) is 8.85. The number of ketones is 1. The summed E-state index contributed by atoms with van der Waals surface area (Å²) in [5.74, 6) is 1.44. The molecule has 0 spiro atoms. The first-order valence-corrected chi connectivity index (χ1v) is 13.1. The second-order valence-corrected chi connectivity index (χ2v) is 11.0. The summed E-state index contributed by atoms with van der Waals surface area (Å²) in [6, 6.07) is 16.0. The average Bonchev–Trinajstić information content (AvgIpc) is 3.22. The summed E-state index contributed by atoms with van der Waals surface area (Å²) in [4.78, 5) is 26.6. The molecule has 1 unspecified atom stereocenters. The van der Waals surface area contributed by atoms with Crippen LogP contribution in [0.4, 0.5) is 4.79 Å². The maximum absolute atomic E-state index is 12.6. The molecule has 2 aliphatic rings. The standard InChI is InChI=1S/C30H39NO5/c1-21-9-8-12-27(35-19-22-10-6-5-7-11-22)28(21)23-13-15-24(16-14-23)34-20-25-26(32)17-18-31(25)29(33)36-30(2,3)4/h5-12,23-25H,13-20H2,1-4H3/t23-,24+,25?. The van der Waals surface area contributed by atoms with Gasteiger partial charge in [0.2, 0.25) is 0 Å². The van der Waals surface area contributed by atoms with Gasteiger partial charge in [-0.3, -0.25) is 9.69 Å². The van der Waals surface area contributed by atoms with Gasteiger partial charge < -0.3 is 14.2 Å². The van der Waals surface area contributed by atoms with E-state index in [9.17, 15) is 9.59 Å². The number of benzene rings is 2. The molecule has 1 saturated heterocycles. The van der Waals surface area contributed by atoms with Gasteiger partial charge >= 0.3 is 6.09 Å². The van der Waals surface area contributed by atoms with Gasteiger partial charge in [-0.15, -0.1) is 0 Å². The van der Waals surface area contributed by atoms with Crippen molar-refractivity contribution in [2.45, 2.75) is 90.1 Å². The van der Waals surface area contributed by atoms with E-state index in [-0.39, 0.29) is 18.5 Å². The van der Waals surface area contributed by atoms with E-state index in [1.807, 2.05) is 39.0 Å². The summed E-state index contributed by atoms with van der Waals surface area (Å²) in [5.41, 5.74) is 3.12. The third kappa shape index (κ3) is 6.67. The van der Waals surface area contributed by atoms with E-state index in [4.69, 9.17) is 14.2 Å². The zero-order valence-corrected chi connectivity index (χ0v) is 22.0. The SMILES string of the molecule is Cc1cccc(OCc2ccccc2)c1[C@H]1CC[C@@H](OCC2C(=O)CCN2C(=O)OC(C)(C)C)CC1. The zero-order valence-electron chi connectivity index (χ0n) is 22.0. The van der Waals surface area contributed by atoms with Crippen molar-refractivity contribution in [1.29, 1.82) is 0 Å². The van der Waals surface area contributed by atoms with Gasteiger partial charge in [-0.25, -0.2) is 4.79 Å². The molecule has 1 amide bonds. The molecule has 194 valence electrons. The molecule has 2 aromatic rings. The number of hydrogen-bond donors (Lipinski definition) is 0. The van der Waals surface area contributed by atoms with Gasteiger partial charge in [0.25, 0.3) is 0 Å². The molecule has 1 atom stereocenters. The quantitative estimate of drug-likeness (QED) is 0.460. The first-order valence-electron chi connectivity index (χ1n) is 13.1. The van der Waals surface area contributed by atoms with Crippen molar-refractivity contribution in [2.24, 2.45) is 0 Å². The predicted molar refractivity (Wildman–Crippen MR) is 139 cm³/mol. The number of likely N-dealkylation sites (tertiary alicyclic amines) is 1. The molecule has 1 saturated carbocycles. The van der Waals surface area contributed by atoms with Gasteiger partial charge in [0.15, 0.2) is 5.78 Å². The molecule has 0 N–H and O–H groups in total. The third-order valence-corrected chi connectivity index (χ3v) is 7.07. The van der Waals surface area contributed by atoms with Crippen molar-refractivity contribution in [2.75, 3.05) is 13.2 Å². The van der Waals surface area contributed by atoms with E-state index in [2.05, 4.69) is 37.3 Å². The molecule has 6 nitrogen and oxygen atoms in total. The minimum atomic E-state index is -0.592. The van der Waals surface area contributed by atoms with Crippen molar-refractivity contribution in [3.63, 3.8) is 0 Å². The molecule has 1 aliphatic carbocycles. The lowest BCUT2D eigenvalue weighted by Crippen LogP contribution is -2.44. The van der Waals surface area contributed by atoms with Crippen molar-refractivity contribution >= 4 is 11.9 Å². The van der Waals surface area contributed by atoms with Crippen LogP contribution in [0.2, 0.25) is 0 Å². The Morgan fingerprint density at radius 2 is 1.72 bits per heavy atom. The summed E-state index contributed by atoms with van der Waals surface area (Å²) >= 11 is 0. The Hall–Kier alpha value is -2.86. The van der Waals surface area contributed by atoms with Crippen LogP contribution in [0.15, 0.2) is 48.5 Å². The number of carbonyl (C=O) groups is 2. The minimum Gasteiger partial charge on any atom is -0.489 e. The maximum atomic E-state index is 12.6. The number of carbonyl (C=O) groups excluding carboxylic acids is 2. The molecule has 1 aliphatic heterocycles. The van der Waals surface area contributed by atoms with Crippen LogP contribution < -0.4 is 4.74 Å². The van der Waals surface area contributed by atoms with E-state index >= 15 is 0 Å². The van der Waals surface area contributed by atoms with Crippen LogP contribution in [0, 0.1) is 6.92 Å². The fraction of sp³-hybridized carbons (Fsp3) is 0.533. The molecule has 6 heteroatoms. The zero-order chi connectivity index (χ0) is 25.7. The number of amides is 1. The topological polar surface area (TPSA) is 65.1 Å². The van der Waals surface area contributed by atoms with Crippen molar-refractivity contribution in [3.8, 4) is 5.75 Å². The first-order chi connectivity index (χ1) is 17.2. The van der Waals surface area contributed by atoms with E-state index in [0.29, 0.717) is 25.5 Å². The van der Waals surface area contributed by atoms with Gasteiger partial charge in [0.05, 0.1) is 12.7 Å². The highest BCUT2D eigenvalue weighted by molar-refractivity contribution is 5.90. The van der Waals surface area contributed by atoms with Gasteiger partial charge in [-0.2, -0.15) is 0 Å².